The average Bonchev–Trinajstić information content (AvgIpc) is 0.811. The molecular weight excluding hydrogens is 93.1 g/mol. The number of hydrogen-bond donors (Lipinski definition) is 3. The van der Waals surface area contributed by atoms with Crippen molar-refractivity contribution in [3.63, 3.8) is 0 Å². The van der Waals surface area contributed by atoms with Gasteiger partial charge in [0, 0.05) is 0 Å². The molecule has 0 aromatic carbocycles. The summed E-state index contributed by atoms with van der Waals surface area (Å²) in [7, 11) is 0. The molecule has 5 N–H and O–H groups in total. The second-order valence-electron chi connectivity index (χ2n) is 0.455. The van der Waals surface area contributed by atoms with Crippen molar-refractivity contribution >= 4 is 57.3 Å². The van der Waals surface area contributed by atoms with Gasteiger partial charge in [0.15, 0.2) is 5.96 Å². The van der Waals surface area contributed by atoms with E-state index in [4.69, 9.17) is 5.41 Å². The Labute approximate surface area is 73.0 Å². The van der Waals surface area contributed by atoms with Crippen molar-refractivity contribution < 1.29 is 0 Å². The van der Waals surface area contributed by atoms with Gasteiger partial charge in [-0.2, -0.15) is 0 Å². The van der Waals surface area contributed by atoms with Gasteiger partial charge in [-0.3, -0.25) is 5.41 Å². The van der Waals surface area contributed by atoms with Crippen LogP contribution in [0.2, 0.25) is 0 Å². The zero-order valence-electron chi connectivity index (χ0n) is 2.15. The normalized spacial score (nSPS) is 4.80. The van der Waals surface area contributed by atoms with Crippen molar-refractivity contribution in [2.45, 2.75) is 0 Å². The Hall–Kier alpha value is 0.906. The van der Waals surface area contributed by atoms with Crippen molar-refractivity contribution in [1.82, 2.24) is 0 Å². The minimum absolute atomic E-state index is 0. The third kappa shape index (κ3) is 50.4. The second-order valence-corrected chi connectivity index (χ2v) is 0.455. The Morgan fingerprint density at radius 1 is 1.40 bits per heavy atom. The first-order valence-electron chi connectivity index (χ1n) is 0.827. The molecule has 0 aliphatic rings. The van der Waals surface area contributed by atoms with E-state index in [1.807, 2.05) is 0 Å². The molecule has 0 aliphatic heterocycles. The van der Waals surface area contributed by atoms with Gasteiger partial charge in [0.2, 0.25) is 0 Å². The zero-order chi connectivity index (χ0) is 3.58. The van der Waals surface area contributed by atoms with E-state index in [1.165, 1.54) is 0 Å². The van der Waals surface area contributed by atoms with Gasteiger partial charge < -0.3 is 11.5 Å². The van der Waals surface area contributed by atoms with Crippen LogP contribution in [-0.4, -0.2) is 57.3 Å². The number of rotatable bonds is 0. The van der Waals surface area contributed by atoms with Gasteiger partial charge in [-0.15, -0.1) is 0 Å². The van der Waals surface area contributed by atoms with E-state index >= 15 is 0 Å². The van der Waals surface area contributed by atoms with E-state index in [2.05, 4.69) is 11.5 Å². The van der Waals surface area contributed by atoms with E-state index in [9.17, 15) is 0 Å². The van der Waals surface area contributed by atoms with E-state index < -0.39 is 0 Å². The standard InChI is InChI=1S/CH5N3.K.H/c2-1(3)4;;/h(H5,2,3,4);;. The van der Waals surface area contributed by atoms with Gasteiger partial charge in [-0.25, -0.2) is 0 Å². The van der Waals surface area contributed by atoms with E-state index in [0.29, 0.717) is 0 Å². The first-order valence-corrected chi connectivity index (χ1v) is 0.827. The quantitative estimate of drug-likeness (QED) is 0.190. The molecule has 0 unspecified atom stereocenters. The monoisotopic (exact) mass is 99.0 g/mol. The molecule has 5 heavy (non-hydrogen) atoms. The van der Waals surface area contributed by atoms with Crippen LogP contribution in [0.3, 0.4) is 0 Å². The molecule has 26 valence electrons. The fourth-order valence-electron chi connectivity index (χ4n) is 0. The molecule has 3 nitrogen and oxygen atoms in total. The fourth-order valence-corrected chi connectivity index (χ4v) is 0. The summed E-state index contributed by atoms with van der Waals surface area (Å²) in [4.78, 5) is 0. The summed E-state index contributed by atoms with van der Waals surface area (Å²) in [6.07, 6.45) is 0. The zero-order valence-corrected chi connectivity index (χ0v) is 2.15. The molecule has 0 radical (unpaired) electrons. The summed E-state index contributed by atoms with van der Waals surface area (Å²) in [5.41, 5.74) is 8.94. The third-order valence-corrected chi connectivity index (χ3v) is 0. The van der Waals surface area contributed by atoms with Gasteiger partial charge in [-0.1, -0.05) is 0 Å². The van der Waals surface area contributed by atoms with Crippen LogP contribution in [0.15, 0.2) is 0 Å². The molecule has 0 aromatic heterocycles. The molecule has 0 bridgehead atoms. The van der Waals surface area contributed by atoms with Crippen molar-refractivity contribution in [1.29, 1.82) is 5.41 Å². The summed E-state index contributed by atoms with van der Waals surface area (Å²) in [6.45, 7) is 0. The molecule has 0 aliphatic carbocycles. The Morgan fingerprint density at radius 3 is 1.40 bits per heavy atom. The topological polar surface area (TPSA) is 75.9 Å². The maximum absolute atomic E-state index is 6.06. The predicted molar refractivity (Wildman–Crippen MR) is 23.3 cm³/mol. The van der Waals surface area contributed by atoms with Gasteiger partial charge in [0.1, 0.15) is 0 Å². The van der Waals surface area contributed by atoms with E-state index in [0.717, 1.165) is 0 Å². The molecule has 0 rings (SSSR count). The average molecular weight is 99.2 g/mol. The summed E-state index contributed by atoms with van der Waals surface area (Å²) < 4.78 is 0. The Morgan fingerprint density at radius 2 is 1.40 bits per heavy atom. The van der Waals surface area contributed by atoms with Crippen LogP contribution in [0.5, 0.6) is 0 Å². The molecule has 0 amide bonds. The predicted octanol–water partition coefficient (Wildman–Crippen LogP) is -1.81. The molecule has 0 spiro atoms. The molecule has 0 heterocycles. The van der Waals surface area contributed by atoms with Crippen molar-refractivity contribution in [3.05, 3.63) is 0 Å². The van der Waals surface area contributed by atoms with Crippen LogP contribution in [0.25, 0.3) is 0 Å². The summed E-state index contributed by atoms with van der Waals surface area (Å²) in [5, 5.41) is 6.06. The second kappa shape index (κ2) is 4.91. The molecule has 0 aromatic rings. The molecular formula is CH6KN3. The number of nitrogens with one attached hydrogen (secondary N) is 1. The van der Waals surface area contributed by atoms with Crippen LogP contribution >= 0.6 is 0 Å². The molecule has 0 saturated carbocycles. The molecule has 0 fully saturated rings. The van der Waals surface area contributed by atoms with Gasteiger partial charge >= 0.3 is 51.4 Å². The molecule has 4 heteroatoms. The van der Waals surface area contributed by atoms with Crippen molar-refractivity contribution in [2.24, 2.45) is 11.5 Å². The number of hydrogen-bond acceptors (Lipinski definition) is 1. The fraction of sp³-hybridized carbons (Fsp3) is 0. The van der Waals surface area contributed by atoms with Gasteiger partial charge in [-0.05, 0) is 0 Å². The minimum atomic E-state index is -0.333. The van der Waals surface area contributed by atoms with Crippen LogP contribution in [0.1, 0.15) is 0 Å². The number of guanidine groups is 1. The van der Waals surface area contributed by atoms with Crippen LogP contribution in [0, 0.1) is 5.41 Å². The van der Waals surface area contributed by atoms with E-state index in [1.54, 1.807) is 0 Å². The van der Waals surface area contributed by atoms with E-state index in [-0.39, 0.29) is 57.3 Å². The van der Waals surface area contributed by atoms with Gasteiger partial charge in [0.05, 0.1) is 0 Å². The number of nitrogens with two attached hydrogens (primary N) is 2. The van der Waals surface area contributed by atoms with Crippen molar-refractivity contribution in [3.8, 4) is 0 Å². The first kappa shape index (κ1) is 9.32. The third-order valence-electron chi connectivity index (χ3n) is 0. The maximum atomic E-state index is 6.06. The Bertz CT molecular complexity index is 29.9. The van der Waals surface area contributed by atoms with Crippen LogP contribution < -0.4 is 11.5 Å². The van der Waals surface area contributed by atoms with Crippen LogP contribution in [-0.2, 0) is 0 Å². The van der Waals surface area contributed by atoms with Crippen molar-refractivity contribution in [2.75, 3.05) is 0 Å². The molecule has 0 atom stereocenters. The Balaban J connectivity index is 0. The molecule has 0 saturated heterocycles. The summed E-state index contributed by atoms with van der Waals surface area (Å²) in [6, 6.07) is 0. The van der Waals surface area contributed by atoms with Gasteiger partial charge in [0.25, 0.3) is 0 Å². The van der Waals surface area contributed by atoms with Crippen LogP contribution in [0.4, 0.5) is 0 Å². The SMILES string of the molecule is N=C(N)N.[KH]. The summed E-state index contributed by atoms with van der Waals surface area (Å²) in [5.74, 6) is -0.333. The summed E-state index contributed by atoms with van der Waals surface area (Å²) >= 11 is 0. The Kier molecular flexibility index (Phi) is 9.14. The first-order chi connectivity index (χ1) is 1.73.